The lowest BCUT2D eigenvalue weighted by atomic mass is 9.90. The van der Waals surface area contributed by atoms with Crippen molar-refractivity contribution in [2.45, 2.75) is 31.5 Å². The maximum Gasteiger partial charge on any atom is 0.263 e. The Morgan fingerprint density at radius 1 is 1.12 bits per heavy atom. The minimum Gasteiger partial charge on any atom is -0.293 e. The van der Waals surface area contributed by atoms with Gasteiger partial charge in [0.2, 0.25) is 0 Å². The van der Waals surface area contributed by atoms with Crippen molar-refractivity contribution in [2.24, 2.45) is 0 Å². The quantitative estimate of drug-likeness (QED) is 0.159. The molecular weight excluding hydrogens is 436 g/mol. The van der Waals surface area contributed by atoms with Crippen molar-refractivity contribution in [3.8, 4) is 10.4 Å². The number of carbonyl (C=O) groups excluding carboxylic acids is 1. The highest BCUT2D eigenvalue weighted by molar-refractivity contribution is 7.99. The SMILES string of the molecule is C=C(C)Cn1c(SCC(=O)c2ccccc2)nc2sc3c(c2c1=O)CCc1ccccc1-3. The molecule has 0 saturated carbocycles. The van der Waals surface area contributed by atoms with Gasteiger partial charge in [-0.25, -0.2) is 4.98 Å². The molecule has 4 nitrogen and oxygen atoms in total. The normalized spacial score (nSPS) is 12.4. The van der Waals surface area contributed by atoms with Crippen LogP contribution in [0.5, 0.6) is 0 Å². The first-order valence-electron chi connectivity index (χ1n) is 10.5. The van der Waals surface area contributed by atoms with Crippen LogP contribution in [0.3, 0.4) is 0 Å². The predicted molar refractivity (Wildman–Crippen MR) is 133 cm³/mol. The van der Waals surface area contributed by atoms with Crippen molar-refractivity contribution >= 4 is 39.1 Å². The predicted octanol–water partition coefficient (Wildman–Crippen LogP) is 5.77. The molecule has 2 aromatic heterocycles. The molecular formula is C26H22N2O2S2. The Balaban J connectivity index is 1.59. The molecule has 2 aromatic carbocycles. The second-order valence-corrected chi connectivity index (χ2v) is 10.0. The summed E-state index contributed by atoms with van der Waals surface area (Å²) in [5.41, 5.74) is 5.13. The van der Waals surface area contributed by atoms with Gasteiger partial charge in [0.25, 0.3) is 5.56 Å². The topological polar surface area (TPSA) is 52.0 Å². The number of hydrogen-bond acceptors (Lipinski definition) is 5. The molecule has 160 valence electrons. The summed E-state index contributed by atoms with van der Waals surface area (Å²) >= 11 is 2.90. The molecule has 0 saturated heterocycles. The average Bonchev–Trinajstić information content (AvgIpc) is 3.19. The maximum atomic E-state index is 13.6. The molecule has 0 amide bonds. The van der Waals surface area contributed by atoms with Crippen molar-refractivity contribution in [1.82, 2.24) is 9.55 Å². The molecule has 0 unspecified atom stereocenters. The van der Waals surface area contributed by atoms with Crippen LogP contribution in [-0.4, -0.2) is 21.1 Å². The molecule has 1 aliphatic rings. The number of ketones is 1. The van der Waals surface area contributed by atoms with Crippen LogP contribution >= 0.6 is 23.1 Å². The minimum absolute atomic E-state index is 0.0197. The largest absolute Gasteiger partial charge is 0.293 e. The fraction of sp³-hybridized carbons (Fsp3) is 0.192. The van der Waals surface area contributed by atoms with Crippen molar-refractivity contribution in [2.75, 3.05) is 5.75 Å². The average molecular weight is 459 g/mol. The van der Waals surface area contributed by atoms with Crippen LogP contribution in [0.2, 0.25) is 0 Å². The van der Waals surface area contributed by atoms with Gasteiger partial charge < -0.3 is 0 Å². The zero-order valence-corrected chi connectivity index (χ0v) is 19.4. The Kier molecular flexibility index (Phi) is 5.57. The number of rotatable bonds is 6. The third-order valence-electron chi connectivity index (χ3n) is 5.64. The fourth-order valence-electron chi connectivity index (χ4n) is 4.15. The number of thioether (sulfide) groups is 1. The number of benzene rings is 2. The summed E-state index contributed by atoms with van der Waals surface area (Å²) in [5, 5.41) is 1.29. The number of hydrogen-bond donors (Lipinski definition) is 0. The molecule has 0 fully saturated rings. The molecule has 0 aliphatic heterocycles. The van der Waals surface area contributed by atoms with E-state index in [9.17, 15) is 9.59 Å². The highest BCUT2D eigenvalue weighted by atomic mass is 32.2. The molecule has 4 aromatic rings. The van der Waals surface area contributed by atoms with E-state index < -0.39 is 0 Å². The van der Waals surface area contributed by atoms with Crippen LogP contribution in [0.4, 0.5) is 0 Å². The number of Topliss-reactive ketones (excluding diaryl/α,β-unsaturated/α-hetero) is 1. The summed E-state index contributed by atoms with van der Waals surface area (Å²) in [4.78, 5) is 33.1. The van der Waals surface area contributed by atoms with E-state index >= 15 is 0 Å². The van der Waals surface area contributed by atoms with Crippen LogP contribution in [0.1, 0.15) is 28.4 Å². The van der Waals surface area contributed by atoms with Gasteiger partial charge in [-0.2, -0.15) is 0 Å². The number of carbonyl (C=O) groups is 1. The van der Waals surface area contributed by atoms with Crippen LogP contribution < -0.4 is 5.56 Å². The molecule has 0 spiro atoms. The van der Waals surface area contributed by atoms with Gasteiger partial charge in [-0.05, 0) is 36.5 Å². The van der Waals surface area contributed by atoms with Gasteiger partial charge in [0.15, 0.2) is 10.9 Å². The number of aromatic nitrogens is 2. The van der Waals surface area contributed by atoms with Gasteiger partial charge in [-0.1, -0.05) is 78.5 Å². The Morgan fingerprint density at radius 3 is 2.66 bits per heavy atom. The van der Waals surface area contributed by atoms with Crippen LogP contribution in [0.25, 0.3) is 20.7 Å². The number of fused-ring (bicyclic) bond motifs is 5. The van der Waals surface area contributed by atoms with Gasteiger partial charge in [0.05, 0.1) is 11.1 Å². The summed E-state index contributed by atoms with van der Waals surface area (Å²) in [7, 11) is 0. The molecule has 32 heavy (non-hydrogen) atoms. The number of allylic oxidation sites excluding steroid dienone is 1. The van der Waals surface area contributed by atoms with Gasteiger partial charge >= 0.3 is 0 Å². The van der Waals surface area contributed by atoms with Crippen molar-refractivity contribution in [3.63, 3.8) is 0 Å². The summed E-state index contributed by atoms with van der Waals surface area (Å²) in [5.74, 6) is 0.248. The Bertz CT molecular complexity index is 1420. The Labute approximate surface area is 194 Å². The third-order valence-corrected chi connectivity index (χ3v) is 7.77. The number of nitrogens with zero attached hydrogens (tertiary/aromatic N) is 2. The smallest absolute Gasteiger partial charge is 0.263 e. The zero-order chi connectivity index (χ0) is 22.2. The van der Waals surface area contributed by atoms with E-state index in [1.54, 1.807) is 15.9 Å². The van der Waals surface area contributed by atoms with Crippen LogP contribution in [-0.2, 0) is 19.4 Å². The second kappa shape index (κ2) is 8.52. The molecule has 6 heteroatoms. The van der Waals surface area contributed by atoms with E-state index in [1.165, 1.54) is 22.9 Å². The van der Waals surface area contributed by atoms with Crippen molar-refractivity contribution in [3.05, 3.63) is 93.8 Å². The lowest BCUT2D eigenvalue weighted by Crippen LogP contribution is -2.24. The van der Waals surface area contributed by atoms with Gasteiger partial charge in [-0.15, -0.1) is 11.3 Å². The summed E-state index contributed by atoms with van der Waals surface area (Å²) < 4.78 is 1.68. The standard InChI is InChI=1S/C26H22N2O2S2/c1-16(2)14-28-25(30)22-20-13-12-17-8-6-7-11-19(17)23(20)32-24(22)27-26(28)31-15-21(29)18-9-4-3-5-10-18/h3-11H,1,12-15H2,2H3. The first-order chi connectivity index (χ1) is 15.5. The number of aryl methyl sites for hydroxylation is 2. The molecule has 0 bridgehead atoms. The van der Waals surface area contributed by atoms with Gasteiger partial charge in [-0.3, -0.25) is 14.2 Å². The Hall–Kier alpha value is -2.96. The maximum absolute atomic E-state index is 13.6. The first kappa shape index (κ1) is 20.9. The summed E-state index contributed by atoms with van der Waals surface area (Å²) in [6.45, 7) is 6.30. The minimum atomic E-state index is -0.0375. The van der Waals surface area contributed by atoms with E-state index in [4.69, 9.17) is 4.98 Å². The first-order valence-corrected chi connectivity index (χ1v) is 12.3. The fourth-order valence-corrected chi connectivity index (χ4v) is 6.37. The second-order valence-electron chi connectivity index (χ2n) is 8.07. The van der Waals surface area contributed by atoms with Crippen LogP contribution in [0, 0.1) is 0 Å². The van der Waals surface area contributed by atoms with Crippen LogP contribution in [0.15, 0.2) is 76.7 Å². The molecule has 0 N–H and O–H groups in total. The molecule has 0 atom stereocenters. The monoisotopic (exact) mass is 458 g/mol. The molecule has 1 aliphatic carbocycles. The van der Waals surface area contributed by atoms with E-state index in [0.29, 0.717) is 17.3 Å². The zero-order valence-electron chi connectivity index (χ0n) is 17.8. The summed E-state index contributed by atoms with van der Waals surface area (Å²) in [6.07, 6.45) is 1.77. The highest BCUT2D eigenvalue weighted by Crippen LogP contribution is 2.42. The van der Waals surface area contributed by atoms with Crippen molar-refractivity contribution in [1.29, 1.82) is 0 Å². The molecule has 5 rings (SSSR count). The van der Waals surface area contributed by atoms with E-state index in [1.807, 2.05) is 43.3 Å². The Morgan fingerprint density at radius 2 is 1.88 bits per heavy atom. The third kappa shape index (κ3) is 3.74. The summed E-state index contributed by atoms with van der Waals surface area (Å²) in [6, 6.07) is 17.6. The van der Waals surface area contributed by atoms with Gasteiger partial charge in [0, 0.05) is 17.0 Å². The van der Waals surface area contributed by atoms with Crippen molar-refractivity contribution < 1.29 is 4.79 Å². The van der Waals surface area contributed by atoms with E-state index in [0.717, 1.165) is 39.1 Å². The van der Waals surface area contributed by atoms with E-state index in [-0.39, 0.29) is 17.1 Å². The number of thiophene rings is 1. The molecule has 2 heterocycles. The van der Waals surface area contributed by atoms with Gasteiger partial charge in [0.1, 0.15) is 4.83 Å². The molecule has 0 radical (unpaired) electrons. The lowest BCUT2D eigenvalue weighted by molar-refractivity contribution is 0.102. The lowest BCUT2D eigenvalue weighted by Gasteiger charge is -2.16. The van der Waals surface area contributed by atoms with E-state index in [2.05, 4.69) is 24.8 Å². The highest BCUT2D eigenvalue weighted by Gasteiger charge is 2.25.